The molecule has 1 fully saturated rings. The lowest BCUT2D eigenvalue weighted by Gasteiger charge is -2.17. The van der Waals surface area contributed by atoms with Crippen LogP contribution in [-0.4, -0.2) is 6.04 Å². The molecule has 2 heteroatoms. The molecule has 76 valence electrons. The van der Waals surface area contributed by atoms with E-state index in [0.29, 0.717) is 6.04 Å². The fourth-order valence-corrected chi connectivity index (χ4v) is 1.77. The molecule has 3 N–H and O–H groups in total. The van der Waals surface area contributed by atoms with Crippen molar-refractivity contribution in [1.82, 2.24) is 0 Å². The summed E-state index contributed by atoms with van der Waals surface area (Å²) in [5.41, 5.74) is 9.07. The largest absolute Gasteiger partial charge is 0.398 e. The lowest BCUT2D eigenvalue weighted by atomic mass is 10.1. The fraction of sp³-hybridized carbons (Fsp3) is 0.500. The van der Waals surface area contributed by atoms with Crippen molar-refractivity contribution >= 4 is 11.4 Å². The summed E-state index contributed by atoms with van der Waals surface area (Å²) in [5, 5.41) is 3.53. The van der Waals surface area contributed by atoms with Gasteiger partial charge < -0.3 is 11.1 Å². The fourth-order valence-electron chi connectivity index (χ4n) is 1.77. The van der Waals surface area contributed by atoms with E-state index in [1.54, 1.807) is 0 Å². The first-order valence-corrected chi connectivity index (χ1v) is 5.30. The van der Waals surface area contributed by atoms with Crippen LogP contribution in [0.3, 0.4) is 0 Å². The zero-order chi connectivity index (χ0) is 10.1. The van der Waals surface area contributed by atoms with Crippen LogP contribution in [-0.2, 0) is 0 Å². The van der Waals surface area contributed by atoms with E-state index >= 15 is 0 Å². The molecule has 1 aliphatic carbocycles. The molecule has 0 saturated heterocycles. The van der Waals surface area contributed by atoms with Crippen LogP contribution < -0.4 is 11.1 Å². The monoisotopic (exact) mass is 190 g/mol. The van der Waals surface area contributed by atoms with Crippen molar-refractivity contribution in [3.05, 3.63) is 23.8 Å². The number of anilines is 2. The SMILES string of the molecule is Cc1c(N)cccc1NC(C)C1CC1. The van der Waals surface area contributed by atoms with Crippen LogP contribution in [0, 0.1) is 12.8 Å². The zero-order valence-electron chi connectivity index (χ0n) is 8.88. The van der Waals surface area contributed by atoms with Gasteiger partial charge in [0.1, 0.15) is 0 Å². The van der Waals surface area contributed by atoms with Crippen molar-refractivity contribution in [1.29, 1.82) is 0 Å². The van der Waals surface area contributed by atoms with Crippen molar-refractivity contribution in [3.8, 4) is 0 Å². The summed E-state index contributed by atoms with van der Waals surface area (Å²) in [6.45, 7) is 4.32. The van der Waals surface area contributed by atoms with Gasteiger partial charge in [0.05, 0.1) is 0 Å². The van der Waals surface area contributed by atoms with E-state index in [9.17, 15) is 0 Å². The van der Waals surface area contributed by atoms with Crippen molar-refractivity contribution in [3.63, 3.8) is 0 Å². The molecule has 0 spiro atoms. The molecule has 0 aromatic heterocycles. The molecular weight excluding hydrogens is 172 g/mol. The lowest BCUT2D eigenvalue weighted by molar-refractivity contribution is 0.693. The van der Waals surface area contributed by atoms with Gasteiger partial charge in [0.25, 0.3) is 0 Å². The minimum Gasteiger partial charge on any atom is -0.398 e. The van der Waals surface area contributed by atoms with E-state index in [1.165, 1.54) is 24.1 Å². The number of hydrogen-bond acceptors (Lipinski definition) is 2. The third kappa shape index (κ3) is 1.84. The van der Waals surface area contributed by atoms with Gasteiger partial charge in [-0.3, -0.25) is 0 Å². The molecule has 0 aliphatic heterocycles. The molecule has 1 atom stereocenters. The van der Waals surface area contributed by atoms with E-state index < -0.39 is 0 Å². The van der Waals surface area contributed by atoms with Crippen molar-refractivity contribution in [2.24, 2.45) is 5.92 Å². The Morgan fingerprint density at radius 2 is 2.14 bits per heavy atom. The summed E-state index contributed by atoms with van der Waals surface area (Å²) in [6.07, 6.45) is 2.74. The molecule has 1 aromatic carbocycles. The van der Waals surface area contributed by atoms with Gasteiger partial charge >= 0.3 is 0 Å². The van der Waals surface area contributed by atoms with Gasteiger partial charge in [-0.05, 0) is 50.3 Å². The van der Waals surface area contributed by atoms with Gasteiger partial charge in [-0.2, -0.15) is 0 Å². The van der Waals surface area contributed by atoms with Gasteiger partial charge in [0.2, 0.25) is 0 Å². The summed E-state index contributed by atoms with van der Waals surface area (Å²) in [4.78, 5) is 0. The molecule has 1 aromatic rings. The number of benzene rings is 1. The van der Waals surface area contributed by atoms with Crippen LogP contribution in [0.2, 0.25) is 0 Å². The Morgan fingerprint density at radius 3 is 2.79 bits per heavy atom. The maximum Gasteiger partial charge on any atom is 0.0392 e. The number of nitrogen functional groups attached to an aromatic ring is 1. The van der Waals surface area contributed by atoms with Crippen LogP contribution >= 0.6 is 0 Å². The zero-order valence-corrected chi connectivity index (χ0v) is 8.88. The van der Waals surface area contributed by atoms with Gasteiger partial charge in [-0.25, -0.2) is 0 Å². The van der Waals surface area contributed by atoms with E-state index in [4.69, 9.17) is 5.73 Å². The molecule has 0 heterocycles. The molecular formula is C12H18N2. The topological polar surface area (TPSA) is 38.0 Å². The summed E-state index contributed by atoms with van der Waals surface area (Å²) in [5.74, 6) is 0.871. The van der Waals surface area contributed by atoms with Crippen molar-refractivity contribution in [2.45, 2.75) is 32.7 Å². The highest BCUT2D eigenvalue weighted by atomic mass is 14.9. The maximum atomic E-state index is 5.85. The predicted molar refractivity (Wildman–Crippen MR) is 61.4 cm³/mol. The minimum absolute atomic E-state index is 0.579. The van der Waals surface area contributed by atoms with Crippen LogP contribution in [0.15, 0.2) is 18.2 Å². The standard InChI is InChI=1S/C12H18N2/c1-8-11(13)4-3-5-12(8)14-9(2)10-6-7-10/h3-5,9-10,14H,6-7,13H2,1-2H3. The smallest absolute Gasteiger partial charge is 0.0392 e. The Bertz CT molecular complexity index is 329. The molecule has 1 saturated carbocycles. The first-order chi connectivity index (χ1) is 6.68. The normalized spacial score (nSPS) is 17.9. The van der Waals surface area contributed by atoms with Gasteiger partial charge in [-0.15, -0.1) is 0 Å². The average molecular weight is 190 g/mol. The molecule has 0 bridgehead atoms. The van der Waals surface area contributed by atoms with Crippen LogP contribution in [0.4, 0.5) is 11.4 Å². The summed E-state index contributed by atoms with van der Waals surface area (Å²) in [6, 6.07) is 6.63. The lowest BCUT2D eigenvalue weighted by Crippen LogP contribution is -2.18. The quantitative estimate of drug-likeness (QED) is 0.719. The third-order valence-electron chi connectivity index (χ3n) is 3.09. The molecule has 0 radical (unpaired) electrons. The predicted octanol–water partition coefficient (Wildman–Crippen LogP) is 2.79. The molecule has 1 aliphatic rings. The Balaban J connectivity index is 2.11. The first kappa shape index (κ1) is 9.38. The van der Waals surface area contributed by atoms with Crippen molar-refractivity contribution in [2.75, 3.05) is 11.1 Å². The number of hydrogen-bond donors (Lipinski definition) is 2. The molecule has 2 nitrogen and oxygen atoms in total. The summed E-state index contributed by atoms with van der Waals surface area (Å²) < 4.78 is 0. The Hall–Kier alpha value is -1.18. The van der Waals surface area contributed by atoms with E-state index in [1.807, 2.05) is 12.1 Å². The van der Waals surface area contributed by atoms with Gasteiger partial charge in [0.15, 0.2) is 0 Å². The third-order valence-corrected chi connectivity index (χ3v) is 3.09. The van der Waals surface area contributed by atoms with E-state index in [2.05, 4.69) is 25.2 Å². The Kier molecular flexibility index (Phi) is 2.36. The van der Waals surface area contributed by atoms with Gasteiger partial charge in [-0.1, -0.05) is 6.07 Å². The van der Waals surface area contributed by atoms with Crippen LogP contribution in [0.25, 0.3) is 0 Å². The molecule has 14 heavy (non-hydrogen) atoms. The van der Waals surface area contributed by atoms with E-state index in [0.717, 1.165) is 11.6 Å². The van der Waals surface area contributed by atoms with E-state index in [-0.39, 0.29) is 0 Å². The second-order valence-electron chi connectivity index (χ2n) is 4.29. The number of rotatable bonds is 3. The molecule has 1 unspecified atom stereocenters. The highest BCUT2D eigenvalue weighted by molar-refractivity contribution is 5.63. The number of nitrogens with one attached hydrogen (secondary N) is 1. The minimum atomic E-state index is 0.579. The average Bonchev–Trinajstić information content (AvgIpc) is 2.95. The van der Waals surface area contributed by atoms with Crippen LogP contribution in [0.1, 0.15) is 25.3 Å². The molecule has 2 rings (SSSR count). The van der Waals surface area contributed by atoms with Gasteiger partial charge in [0, 0.05) is 17.4 Å². The second kappa shape index (κ2) is 3.52. The Labute approximate surface area is 85.5 Å². The summed E-state index contributed by atoms with van der Waals surface area (Å²) in [7, 11) is 0. The first-order valence-electron chi connectivity index (χ1n) is 5.30. The van der Waals surface area contributed by atoms with Crippen molar-refractivity contribution < 1.29 is 0 Å². The van der Waals surface area contributed by atoms with Crippen LogP contribution in [0.5, 0.6) is 0 Å². The Morgan fingerprint density at radius 1 is 1.43 bits per heavy atom. The summed E-state index contributed by atoms with van der Waals surface area (Å²) >= 11 is 0. The highest BCUT2D eigenvalue weighted by Crippen LogP contribution is 2.34. The number of nitrogens with two attached hydrogens (primary N) is 1. The second-order valence-corrected chi connectivity index (χ2v) is 4.29. The molecule has 0 amide bonds. The highest BCUT2D eigenvalue weighted by Gasteiger charge is 2.27. The maximum absolute atomic E-state index is 5.85.